The molecule has 4 heterocycles. The number of benzene rings is 1. The molecule has 30 heavy (non-hydrogen) atoms. The van der Waals surface area contributed by atoms with Crippen molar-refractivity contribution in [2.75, 3.05) is 18.0 Å². The monoisotopic (exact) mass is 402 g/mol. The second kappa shape index (κ2) is 7.57. The summed E-state index contributed by atoms with van der Waals surface area (Å²) in [6, 6.07) is 12.2. The van der Waals surface area contributed by atoms with Crippen molar-refractivity contribution >= 4 is 27.8 Å². The van der Waals surface area contributed by atoms with Crippen molar-refractivity contribution in [1.29, 1.82) is 0 Å². The predicted molar refractivity (Wildman–Crippen MR) is 120 cm³/mol. The van der Waals surface area contributed by atoms with E-state index in [1.165, 1.54) is 0 Å². The van der Waals surface area contributed by atoms with Crippen molar-refractivity contribution in [1.82, 2.24) is 19.1 Å². The quantitative estimate of drug-likeness (QED) is 0.568. The van der Waals surface area contributed by atoms with Gasteiger partial charge in [-0.25, -0.2) is 4.98 Å². The third-order valence-electron chi connectivity index (χ3n) is 5.98. The first-order chi connectivity index (χ1) is 14.7. The number of nitrogens with zero attached hydrogens (tertiary/aromatic N) is 5. The lowest BCUT2D eigenvalue weighted by atomic mass is 10.1. The summed E-state index contributed by atoms with van der Waals surface area (Å²) in [5, 5.41) is 2.19. The maximum atomic E-state index is 13.4. The number of anilines is 1. The summed E-state index contributed by atoms with van der Waals surface area (Å²) in [6.07, 6.45) is 5.71. The molecule has 1 atom stereocenters. The molecule has 7 nitrogen and oxygen atoms in total. The molecule has 7 heteroatoms. The smallest absolute Gasteiger partial charge is 0.277 e. The maximum absolute atomic E-state index is 13.4. The lowest BCUT2D eigenvalue weighted by Gasteiger charge is -2.31. The molecule has 0 bridgehead atoms. The Morgan fingerprint density at radius 2 is 2.07 bits per heavy atom. The molecule has 1 unspecified atom stereocenters. The summed E-state index contributed by atoms with van der Waals surface area (Å²) in [4.78, 5) is 25.0. The Morgan fingerprint density at radius 3 is 2.90 bits per heavy atom. The van der Waals surface area contributed by atoms with Crippen LogP contribution in [-0.4, -0.2) is 38.2 Å². The number of aromatic nitrogens is 4. The number of piperidine rings is 1. The van der Waals surface area contributed by atoms with Crippen LogP contribution in [0.3, 0.4) is 0 Å². The van der Waals surface area contributed by atoms with Crippen molar-refractivity contribution in [3.63, 3.8) is 0 Å². The lowest BCUT2D eigenvalue weighted by Crippen LogP contribution is -2.44. The molecular weight excluding hydrogens is 376 g/mol. The van der Waals surface area contributed by atoms with Gasteiger partial charge in [-0.15, -0.1) is 0 Å². The van der Waals surface area contributed by atoms with Gasteiger partial charge in [-0.2, -0.15) is 0 Å². The van der Waals surface area contributed by atoms with Gasteiger partial charge < -0.3 is 19.8 Å². The van der Waals surface area contributed by atoms with Crippen molar-refractivity contribution in [3.8, 4) is 0 Å². The van der Waals surface area contributed by atoms with Crippen LogP contribution in [0.1, 0.15) is 25.5 Å². The summed E-state index contributed by atoms with van der Waals surface area (Å²) >= 11 is 0. The Morgan fingerprint density at radius 1 is 1.20 bits per heavy atom. The Bertz CT molecular complexity index is 1270. The van der Waals surface area contributed by atoms with Crippen LogP contribution in [0.15, 0.2) is 53.6 Å². The van der Waals surface area contributed by atoms with Crippen molar-refractivity contribution in [2.24, 2.45) is 5.73 Å². The van der Waals surface area contributed by atoms with Crippen LogP contribution in [0.2, 0.25) is 0 Å². The van der Waals surface area contributed by atoms with Crippen molar-refractivity contribution < 1.29 is 0 Å². The number of aryl methyl sites for hydroxylation is 1. The fourth-order valence-electron chi connectivity index (χ4n) is 4.49. The van der Waals surface area contributed by atoms with E-state index in [0.29, 0.717) is 18.6 Å². The van der Waals surface area contributed by atoms with Gasteiger partial charge in [-0.1, -0.05) is 24.3 Å². The topological polar surface area (TPSA) is 82.0 Å². The number of imidazole rings is 1. The van der Waals surface area contributed by atoms with E-state index in [1.807, 2.05) is 35.0 Å². The van der Waals surface area contributed by atoms with Gasteiger partial charge in [0.15, 0.2) is 0 Å². The minimum Gasteiger partial charge on any atom is -0.341 e. The molecule has 0 spiro atoms. The molecule has 0 saturated carbocycles. The highest BCUT2D eigenvalue weighted by Gasteiger charge is 2.23. The molecule has 0 aliphatic carbocycles. The second-order valence-electron chi connectivity index (χ2n) is 7.97. The first kappa shape index (κ1) is 18.8. The average molecular weight is 403 g/mol. The number of nitrogens with two attached hydrogens (primary N) is 1. The molecule has 154 valence electrons. The zero-order valence-electron chi connectivity index (χ0n) is 17.2. The highest BCUT2D eigenvalue weighted by molar-refractivity contribution is 5.84. The van der Waals surface area contributed by atoms with Gasteiger partial charge in [0.05, 0.1) is 17.8 Å². The van der Waals surface area contributed by atoms with E-state index in [4.69, 9.17) is 10.7 Å². The minimum absolute atomic E-state index is 0.0378. The van der Waals surface area contributed by atoms with E-state index in [9.17, 15) is 4.79 Å². The van der Waals surface area contributed by atoms with Crippen LogP contribution in [0, 0.1) is 0 Å². The second-order valence-corrected chi connectivity index (χ2v) is 7.97. The third kappa shape index (κ3) is 3.15. The zero-order chi connectivity index (χ0) is 20.7. The molecule has 1 aromatic carbocycles. The van der Waals surface area contributed by atoms with Crippen LogP contribution >= 0.6 is 0 Å². The summed E-state index contributed by atoms with van der Waals surface area (Å²) in [6.45, 7) is 4.86. The van der Waals surface area contributed by atoms with E-state index in [-0.39, 0.29) is 11.6 Å². The molecule has 1 saturated heterocycles. The SMILES string of the molecule is CCn1c(N2CCCC(N)C2)nc2ccn(Cc3nccc4ccccc34)c(=O)c21. The summed E-state index contributed by atoms with van der Waals surface area (Å²) < 4.78 is 3.76. The van der Waals surface area contributed by atoms with Gasteiger partial charge in [-0.05, 0) is 37.3 Å². The first-order valence-electron chi connectivity index (χ1n) is 10.6. The number of hydrogen-bond donors (Lipinski definition) is 1. The molecule has 4 aromatic rings. The van der Waals surface area contributed by atoms with E-state index < -0.39 is 0 Å². The van der Waals surface area contributed by atoms with Gasteiger partial charge >= 0.3 is 0 Å². The molecule has 1 fully saturated rings. The molecule has 0 radical (unpaired) electrons. The maximum Gasteiger partial charge on any atom is 0.277 e. The third-order valence-corrected chi connectivity index (χ3v) is 5.98. The highest BCUT2D eigenvalue weighted by atomic mass is 16.1. The van der Waals surface area contributed by atoms with Crippen LogP contribution in [0.4, 0.5) is 5.95 Å². The largest absolute Gasteiger partial charge is 0.341 e. The van der Waals surface area contributed by atoms with Crippen LogP contribution in [-0.2, 0) is 13.1 Å². The fourth-order valence-corrected chi connectivity index (χ4v) is 4.49. The van der Waals surface area contributed by atoms with Gasteiger partial charge in [-0.3, -0.25) is 9.78 Å². The fraction of sp³-hybridized carbons (Fsp3) is 0.348. The van der Waals surface area contributed by atoms with Gasteiger partial charge in [0, 0.05) is 43.5 Å². The Kier molecular flexibility index (Phi) is 4.75. The van der Waals surface area contributed by atoms with Crippen molar-refractivity contribution in [2.45, 2.75) is 38.9 Å². The van der Waals surface area contributed by atoms with E-state index in [1.54, 1.807) is 10.8 Å². The van der Waals surface area contributed by atoms with Gasteiger partial charge in [0.1, 0.15) is 5.52 Å². The van der Waals surface area contributed by atoms with E-state index in [2.05, 4.69) is 28.9 Å². The Balaban J connectivity index is 1.59. The summed E-state index contributed by atoms with van der Waals surface area (Å²) in [7, 11) is 0. The average Bonchev–Trinajstić information content (AvgIpc) is 3.15. The zero-order valence-corrected chi connectivity index (χ0v) is 17.2. The predicted octanol–water partition coefficient (Wildman–Crippen LogP) is 2.74. The van der Waals surface area contributed by atoms with Crippen LogP contribution in [0.5, 0.6) is 0 Å². The van der Waals surface area contributed by atoms with E-state index in [0.717, 1.165) is 53.9 Å². The van der Waals surface area contributed by atoms with Gasteiger partial charge in [0.2, 0.25) is 5.95 Å². The first-order valence-corrected chi connectivity index (χ1v) is 10.6. The van der Waals surface area contributed by atoms with Gasteiger partial charge in [0.25, 0.3) is 5.56 Å². The molecule has 1 aliphatic rings. The number of fused-ring (bicyclic) bond motifs is 2. The molecule has 2 N–H and O–H groups in total. The van der Waals surface area contributed by atoms with Crippen LogP contribution < -0.4 is 16.2 Å². The molecule has 5 rings (SSSR count). The highest BCUT2D eigenvalue weighted by Crippen LogP contribution is 2.24. The number of pyridine rings is 2. The molecule has 0 amide bonds. The van der Waals surface area contributed by atoms with Crippen LogP contribution in [0.25, 0.3) is 21.8 Å². The molecule has 3 aromatic heterocycles. The normalized spacial score (nSPS) is 17.1. The minimum atomic E-state index is -0.0378. The lowest BCUT2D eigenvalue weighted by molar-refractivity contribution is 0.494. The number of rotatable bonds is 4. The van der Waals surface area contributed by atoms with Crippen molar-refractivity contribution in [3.05, 3.63) is 64.8 Å². The standard InChI is InChI=1S/C23H26N6O/c1-2-29-21-19(26-23(29)28-12-5-7-17(24)14-28)10-13-27(22(21)30)15-20-18-8-4-3-6-16(18)9-11-25-20/h3-4,6,8-11,13,17H,2,5,7,12,14-15,24H2,1H3. The Hall–Kier alpha value is -3.19. The summed E-state index contributed by atoms with van der Waals surface area (Å²) in [5.41, 5.74) is 8.41. The molecular formula is C23H26N6O. The summed E-state index contributed by atoms with van der Waals surface area (Å²) in [5.74, 6) is 0.848. The molecule has 1 aliphatic heterocycles. The van der Waals surface area contributed by atoms with E-state index >= 15 is 0 Å². The Labute approximate surface area is 174 Å². The number of hydrogen-bond acceptors (Lipinski definition) is 5.